The molecule has 0 aliphatic rings. The van der Waals surface area contributed by atoms with Gasteiger partial charge in [0.15, 0.2) is 0 Å². The minimum atomic E-state index is -0.672. The summed E-state index contributed by atoms with van der Waals surface area (Å²) in [5.74, 6) is -0.0103. The Bertz CT molecular complexity index is 977. The highest BCUT2D eigenvalue weighted by molar-refractivity contribution is 5.91. The Balaban J connectivity index is 2.53. The van der Waals surface area contributed by atoms with Gasteiger partial charge in [-0.1, -0.05) is 26.8 Å². The maximum atomic E-state index is 13.0. The molecular formula is C26H41N3O2. The second-order valence-corrected chi connectivity index (χ2v) is 12.3. The Hall–Kier alpha value is -2.30. The van der Waals surface area contributed by atoms with E-state index in [0.717, 1.165) is 22.2 Å². The molecule has 5 nitrogen and oxygen atoms in total. The number of rotatable bonds is 4. The van der Waals surface area contributed by atoms with Gasteiger partial charge in [-0.2, -0.15) is 0 Å². The molecule has 31 heavy (non-hydrogen) atoms. The van der Waals surface area contributed by atoms with Crippen LogP contribution in [0.1, 0.15) is 87.4 Å². The van der Waals surface area contributed by atoms with E-state index in [1.165, 1.54) is 0 Å². The van der Waals surface area contributed by atoms with E-state index < -0.39 is 5.41 Å². The molecule has 0 bridgehead atoms. The predicted octanol–water partition coefficient (Wildman–Crippen LogP) is 5.05. The van der Waals surface area contributed by atoms with Crippen molar-refractivity contribution in [2.24, 2.45) is 0 Å². The average molecular weight is 428 g/mol. The molecule has 0 radical (unpaired) electrons. The van der Waals surface area contributed by atoms with Crippen LogP contribution in [0.15, 0.2) is 24.3 Å². The molecule has 2 rings (SSSR count). The highest BCUT2D eigenvalue weighted by atomic mass is 16.2. The maximum absolute atomic E-state index is 13.0. The van der Waals surface area contributed by atoms with Gasteiger partial charge in [0.1, 0.15) is 6.54 Å². The quantitative estimate of drug-likeness (QED) is 0.717. The molecule has 0 atom stereocenters. The first-order valence-corrected chi connectivity index (χ1v) is 11.1. The molecule has 0 aliphatic heterocycles. The van der Waals surface area contributed by atoms with Gasteiger partial charge in [-0.3, -0.25) is 9.59 Å². The fourth-order valence-corrected chi connectivity index (χ4v) is 3.68. The molecule has 1 aromatic carbocycles. The van der Waals surface area contributed by atoms with Crippen LogP contribution in [0.25, 0.3) is 10.9 Å². The van der Waals surface area contributed by atoms with Crippen molar-refractivity contribution in [2.45, 2.75) is 105 Å². The summed E-state index contributed by atoms with van der Waals surface area (Å²) in [6.07, 6.45) is 0. The molecule has 0 saturated carbocycles. The van der Waals surface area contributed by atoms with Crippen LogP contribution in [0.2, 0.25) is 0 Å². The first-order chi connectivity index (χ1) is 13.8. The summed E-state index contributed by atoms with van der Waals surface area (Å²) in [6.45, 7) is 22.6. The molecule has 2 amide bonds. The standard InChI is InChI=1S/C26H41N3O2/c1-23(2,3)20-15-17-14-18(26(10,11)22(31)28-25(7,8)9)12-13-19(17)29(20)16-21(30)27-24(4,5)6/h12-15H,16H2,1-11H3,(H,27,30)(H,28,31). The number of nitrogens with zero attached hydrogens (tertiary/aromatic N) is 1. The van der Waals surface area contributed by atoms with Crippen molar-refractivity contribution in [3.05, 3.63) is 35.5 Å². The largest absolute Gasteiger partial charge is 0.351 e. The van der Waals surface area contributed by atoms with Crippen LogP contribution in [0.3, 0.4) is 0 Å². The second kappa shape index (κ2) is 7.99. The van der Waals surface area contributed by atoms with Crippen molar-refractivity contribution >= 4 is 22.7 Å². The third-order valence-corrected chi connectivity index (χ3v) is 5.26. The van der Waals surface area contributed by atoms with Crippen molar-refractivity contribution in [3.63, 3.8) is 0 Å². The van der Waals surface area contributed by atoms with Gasteiger partial charge in [0, 0.05) is 33.1 Å². The average Bonchev–Trinajstić information content (AvgIpc) is 2.89. The van der Waals surface area contributed by atoms with Gasteiger partial charge in [0.25, 0.3) is 0 Å². The number of hydrogen-bond donors (Lipinski definition) is 2. The van der Waals surface area contributed by atoms with Gasteiger partial charge in [-0.05, 0) is 79.2 Å². The van der Waals surface area contributed by atoms with E-state index in [0.29, 0.717) is 0 Å². The molecule has 0 spiro atoms. The summed E-state index contributed by atoms with van der Waals surface area (Å²) in [4.78, 5) is 25.7. The van der Waals surface area contributed by atoms with Crippen molar-refractivity contribution in [1.82, 2.24) is 15.2 Å². The Labute approximate surface area is 188 Å². The zero-order valence-electron chi connectivity index (χ0n) is 21.3. The number of nitrogens with one attached hydrogen (secondary N) is 2. The van der Waals surface area contributed by atoms with E-state index in [2.05, 4.69) is 48.1 Å². The lowest BCUT2D eigenvalue weighted by molar-refractivity contribution is -0.127. The molecule has 2 aromatic rings. The van der Waals surface area contributed by atoms with Crippen molar-refractivity contribution < 1.29 is 9.59 Å². The first-order valence-electron chi connectivity index (χ1n) is 11.1. The highest BCUT2D eigenvalue weighted by Gasteiger charge is 2.33. The monoisotopic (exact) mass is 427 g/mol. The Morgan fingerprint density at radius 2 is 1.35 bits per heavy atom. The molecule has 1 aromatic heterocycles. The summed E-state index contributed by atoms with van der Waals surface area (Å²) >= 11 is 0. The van der Waals surface area contributed by atoms with Crippen LogP contribution in [0, 0.1) is 0 Å². The minimum Gasteiger partial charge on any atom is -0.351 e. The van der Waals surface area contributed by atoms with E-state index in [9.17, 15) is 9.59 Å². The molecule has 0 aliphatic carbocycles. The highest BCUT2D eigenvalue weighted by Crippen LogP contribution is 2.33. The summed E-state index contributed by atoms with van der Waals surface area (Å²) in [5, 5.41) is 7.20. The number of hydrogen-bond acceptors (Lipinski definition) is 2. The van der Waals surface area contributed by atoms with Crippen LogP contribution >= 0.6 is 0 Å². The Morgan fingerprint density at radius 1 is 0.806 bits per heavy atom. The fourth-order valence-electron chi connectivity index (χ4n) is 3.68. The lowest BCUT2D eigenvalue weighted by Crippen LogP contribution is -2.48. The predicted molar refractivity (Wildman–Crippen MR) is 129 cm³/mol. The Kier molecular flexibility index (Phi) is 6.44. The maximum Gasteiger partial charge on any atom is 0.240 e. The number of carbonyl (C=O) groups is 2. The lowest BCUT2D eigenvalue weighted by Gasteiger charge is -2.30. The normalized spacial score (nSPS) is 13.4. The summed E-state index contributed by atoms with van der Waals surface area (Å²) in [5.41, 5.74) is 1.69. The zero-order valence-corrected chi connectivity index (χ0v) is 21.3. The van der Waals surface area contributed by atoms with Gasteiger partial charge in [-0.25, -0.2) is 0 Å². The lowest BCUT2D eigenvalue weighted by atomic mass is 9.82. The van der Waals surface area contributed by atoms with Gasteiger partial charge in [0.05, 0.1) is 5.41 Å². The van der Waals surface area contributed by atoms with Gasteiger partial charge >= 0.3 is 0 Å². The van der Waals surface area contributed by atoms with E-state index in [1.807, 2.05) is 67.5 Å². The number of benzene rings is 1. The molecule has 2 N–H and O–H groups in total. The molecule has 172 valence electrons. The van der Waals surface area contributed by atoms with E-state index in [-0.39, 0.29) is 34.9 Å². The number of aromatic nitrogens is 1. The van der Waals surface area contributed by atoms with Crippen LogP contribution in [0.5, 0.6) is 0 Å². The SMILES string of the molecule is CC(C)(C)NC(=O)Cn1c(C(C)(C)C)cc2cc(C(C)(C)C(=O)NC(C)(C)C)ccc21. The number of fused-ring (bicyclic) bond motifs is 1. The topological polar surface area (TPSA) is 63.1 Å². The molecule has 0 fully saturated rings. The van der Waals surface area contributed by atoms with Crippen molar-refractivity contribution in [3.8, 4) is 0 Å². The third-order valence-electron chi connectivity index (χ3n) is 5.26. The first kappa shape index (κ1) is 25.0. The molecule has 0 saturated heterocycles. The van der Waals surface area contributed by atoms with Crippen LogP contribution in [0.4, 0.5) is 0 Å². The molecule has 1 heterocycles. The Morgan fingerprint density at radius 3 is 1.84 bits per heavy atom. The van der Waals surface area contributed by atoms with Crippen LogP contribution in [-0.2, 0) is 27.0 Å². The summed E-state index contributed by atoms with van der Waals surface area (Å²) in [6, 6.07) is 8.29. The second-order valence-electron chi connectivity index (χ2n) is 12.3. The van der Waals surface area contributed by atoms with Crippen molar-refractivity contribution in [2.75, 3.05) is 0 Å². The summed E-state index contributed by atoms with van der Waals surface area (Å²) in [7, 11) is 0. The van der Waals surface area contributed by atoms with Gasteiger partial charge < -0.3 is 15.2 Å². The molecule has 0 unspecified atom stereocenters. The number of carbonyl (C=O) groups excluding carboxylic acids is 2. The molecule has 5 heteroatoms. The zero-order chi connectivity index (χ0) is 24.0. The van der Waals surface area contributed by atoms with E-state index in [4.69, 9.17) is 0 Å². The smallest absolute Gasteiger partial charge is 0.240 e. The third kappa shape index (κ3) is 6.11. The van der Waals surface area contributed by atoms with Crippen LogP contribution in [-0.4, -0.2) is 27.5 Å². The van der Waals surface area contributed by atoms with E-state index >= 15 is 0 Å². The van der Waals surface area contributed by atoms with Crippen LogP contribution < -0.4 is 10.6 Å². The van der Waals surface area contributed by atoms with E-state index in [1.54, 1.807) is 0 Å². The van der Waals surface area contributed by atoms with Gasteiger partial charge in [-0.15, -0.1) is 0 Å². The van der Waals surface area contributed by atoms with Gasteiger partial charge in [0.2, 0.25) is 11.8 Å². The van der Waals surface area contributed by atoms with Crippen molar-refractivity contribution in [1.29, 1.82) is 0 Å². The molecular weight excluding hydrogens is 386 g/mol. The minimum absolute atomic E-state index is 0.000572. The summed E-state index contributed by atoms with van der Waals surface area (Å²) < 4.78 is 2.10. The number of amides is 2. The fraction of sp³-hybridized carbons (Fsp3) is 0.615.